The first-order chi connectivity index (χ1) is 17.1. The molecule has 162 valence electrons. The van der Waals surface area contributed by atoms with Gasteiger partial charge in [-0.05, 0) is 23.8 Å². The van der Waals surface area contributed by atoms with Crippen LogP contribution in [-0.2, 0) is 0 Å². The molecule has 1 unspecified atom stereocenters. The molecule has 0 radical (unpaired) electrons. The molecule has 34 heavy (non-hydrogen) atoms. The fraction of sp³-hybridized carbons (Fsp3) is 0.0645. The van der Waals surface area contributed by atoms with Crippen LogP contribution in [-0.4, -0.2) is 4.98 Å². The van der Waals surface area contributed by atoms with Gasteiger partial charge in [0, 0.05) is 39.9 Å². The molecule has 1 atom stereocenters. The van der Waals surface area contributed by atoms with E-state index in [2.05, 4.69) is 24.3 Å². The standard InChI is InChI=1S/C31H21NO2/c1-19(20-9-3-2-4-10-20)21-12-7-13-23-24-14-8-15-25(31(24)34-30(21)23)27-17-26-22-11-5-6-16-28(22)33-29(26)18-32-27/h2-19H,1H3/i19D. The summed E-state index contributed by atoms with van der Waals surface area (Å²) in [7, 11) is 0. The van der Waals surface area contributed by atoms with Crippen molar-refractivity contribution in [1.82, 2.24) is 4.98 Å². The Hall–Kier alpha value is -4.37. The van der Waals surface area contributed by atoms with E-state index in [0.717, 1.165) is 66.3 Å². The first-order valence-electron chi connectivity index (χ1n) is 11.9. The number of aromatic nitrogens is 1. The van der Waals surface area contributed by atoms with Gasteiger partial charge in [0.05, 0.1) is 11.9 Å². The summed E-state index contributed by atoms with van der Waals surface area (Å²) in [6, 6.07) is 32.2. The van der Waals surface area contributed by atoms with E-state index in [4.69, 9.17) is 13.8 Å². The fourth-order valence-electron chi connectivity index (χ4n) is 4.94. The highest BCUT2D eigenvalue weighted by Crippen LogP contribution is 2.40. The maximum absolute atomic E-state index is 9.25. The third-order valence-electron chi connectivity index (χ3n) is 6.68. The van der Waals surface area contributed by atoms with Gasteiger partial charge in [0.25, 0.3) is 0 Å². The Morgan fingerprint density at radius 3 is 2.29 bits per heavy atom. The molecule has 0 aliphatic rings. The Morgan fingerprint density at radius 1 is 0.676 bits per heavy atom. The molecular formula is C31H21NO2. The van der Waals surface area contributed by atoms with Crippen molar-refractivity contribution in [2.24, 2.45) is 0 Å². The number of benzene rings is 4. The zero-order valence-corrected chi connectivity index (χ0v) is 18.6. The van der Waals surface area contributed by atoms with Crippen molar-refractivity contribution in [1.29, 1.82) is 0 Å². The lowest BCUT2D eigenvalue weighted by Gasteiger charge is -2.12. The lowest BCUT2D eigenvalue weighted by Crippen LogP contribution is -1.95. The molecule has 0 bridgehead atoms. The molecule has 0 saturated heterocycles. The SMILES string of the molecule is [2H]C(C)(c1ccccc1)c1cccc2c1oc1c(-c3cc4c(cn3)oc3ccccc34)cccc12. The Morgan fingerprint density at radius 2 is 1.41 bits per heavy atom. The smallest absolute Gasteiger partial charge is 0.153 e. The van der Waals surface area contributed by atoms with Gasteiger partial charge in [0.15, 0.2) is 5.58 Å². The van der Waals surface area contributed by atoms with Gasteiger partial charge < -0.3 is 8.83 Å². The number of para-hydroxylation sites is 3. The number of hydrogen-bond acceptors (Lipinski definition) is 3. The maximum atomic E-state index is 9.25. The van der Waals surface area contributed by atoms with Crippen LogP contribution < -0.4 is 0 Å². The first kappa shape index (κ1) is 18.1. The van der Waals surface area contributed by atoms with Crippen LogP contribution in [0.25, 0.3) is 55.1 Å². The van der Waals surface area contributed by atoms with Crippen molar-refractivity contribution in [2.45, 2.75) is 12.8 Å². The average molecular weight is 441 g/mol. The van der Waals surface area contributed by atoms with E-state index in [1.807, 2.05) is 79.7 Å². The molecule has 0 fully saturated rings. The minimum absolute atomic E-state index is 0.742. The summed E-state index contributed by atoms with van der Waals surface area (Å²) in [6.07, 6.45) is 1.79. The number of nitrogens with zero attached hydrogens (tertiary/aromatic N) is 1. The van der Waals surface area contributed by atoms with Crippen LogP contribution in [0.4, 0.5) is 0 Å². The quantitative estimate of drug-likeness (QED) is 0.276. The Balaban J connectivity index is 1.47. The molecule has 0 amide bonds. The minimum atomic E-state index is -0.957. The monoisotopic (exact) mass is 440 g/mol. The number of pyridine rings is 1. The van der Waals surface area contributed by atoms with Gasteiger partial charge in [-0.25, -0.2) is 0 Å². The van der Waals surface area contributed by atoms with E-state index in [0.29, 0.717) is 0 Å². The third kappa shape index (κ3) is 2.80. The third-order valence-corrected chi connectivity index (χ3v) is 6.68. The largest absolute Gasteiger partial charge is 0.455 e. The second-order valence-electron chi connectivity index (χ2n) is 8.62. The summed E-state index contributed by atoms with van der Waals surface area (Å²) in [5.74, 6) is -0.957. The molecule has 7 aromatic rings. The van der Waals surface area contributed by atoms with Crippen LogP contribution in [0.2, 0.25) is 0 Å². The number of furan rings is 2. The summed E-state index contributed by atoms with van der Waals surface area (Å²) >= 11 is 0. The van der Waals surface area contributed by atoms with E-state index in [1.54, 1.807) is 6.20 Å². The molecule has 3 heterocycles. The molecule has 4 aromatic carbocycles. The van der Waals surface area contributed by atoms with Crippen molar-refractivity contribution in [3.63, 3.8) is 0 Å². The predicted molar refractivity (Wildman–Crippen MR) is 138 cm³/mol. The van der Waals surface area contributed by atoms with E-state index >= 15 is 0 Å². The first-order valence-corrected chi connectivity index (χ1v) is 11.4. The highest BCUT2D eigenvalue weighted by atomic mass is 16.3. The summed E-state index contributed by atoms with van der Waals surface area (Å²) in [5, 5.41) is 4.12. The van der Waals surface area contributed by atoms with E-state index in [9.17, 15) is 1.37 Å². The van der Waals surface area contributed by atoms with Crippen LogP contribution in [0.15, 0.2) is 112 Å². The molecule has 0 aliphatic carbocycles. The molecule has 7 rings (SSSR count). The zero-order valence-electron chi connectivity index (χ0n) is 19.6. The molecule has 0 aliphatic heterocycles. The van der Waals surface area contributed by atoms with Gasteiger partial charge in [-0.1, -0.05) is 85.8 Å². The van der Waals surface area contributed by atoms with Crippen LogP contribution in [0.3, 0.4) is 0 Å². The number of hydrogen-bond donors (Lipinski definition) is 0. The Bertz CT molecular complexity index is 1880. The van der Waals surface area contributed by atoms with Crippen molar-refractivity contribution in [3.8, 4) is 11.3 Å². The molecule has 3 heteroatoms. The van der Waals surface area contributed by atoms with E-state index in [1.165, 1.54) is 0 Å². The normalized spacial score (nSPS) is 14.1. The van der Waals surface area contributed by atoms with Crippen LogP contribution in [0.1, 0.15) is 25.3 Å². The van der Waals surface area contributed by atoms with Crippen LogP contribution in [0, 0.1) is 0 Å². The van der Waals surface area contributed by atoms with Gasteiger partial charge >= 0.3 is 0 Å². The van der Waals surface area contributed by atoms with Crippen LogP contribution >= 0.6 is 0 Å². The second kappa shape index (κ2) is 7.32. The fourth-order valence-corrected chi connectivity index (χ4v) is 4.94. The highest BCUT2D eigenvalue weighted by Gasteiger charge is 2.19. The second-order valence-corrected chi connectivity index (χ2v) is 8.62. The average Bonchev–Trinajstić information content (AvgIpc) is 3.47. The molecule has 0 saturated carbocycles. The summed E-state index contributed by atoms with van der Waals surface area (Å²) < 4.78 is 21.8. The number of fused-ring (bicyclic) bond motifs is 6. The van der Waals surface area contributed by atoms with Crippen molar-refractivity contribution >= 4 is 43.9 Å². The number of rotatable bonds is 3. The highest BCUT2D eigenvalue weighted by molar-refractivity contribution is 6.11. The molecule has 0 spiro atoms. The Labute approximate surface area is 197 Å². The lowest BCUT2D eigenvalue weighted by molar-refractivity contribution is 0.660. The summed E-state index contributed by atoms with van der Waals surface area (Å²) in [6.45, 7) is 1.92. The molecular weight excluding hydrogens is 418 g/mol. The summed E-state index contributed by atoms with van der Waals surface area (Å²) in [4.78, 5) is 4.72. The maximum Gasteiger partial charge on any atom is 0.153 e. The molecule has 3 nitrogen and oxygen atoms in total. The minimum Gasteiger partial charge on any atom is -0.455 e. The van der Waals surface area contributed by atoms with Gasteiger partial charge in [-0.2, -0.15) is 0 Å². The van der Waals surface area contributed by atoms with Gasteiger partial charge in [0.1, 0.15) is 16.7 Å². The Kier molecular flexibility index (Phi) is 3.90. The molecule has 3 aromatic heterocycles. The molecule has 0 N–H and O–H groups in total. The zero-order chi connectivity index (χ0) is 23.6. The predicted octanol–water partition coefficient (Wildman–Crippen LogP) is 8.70. The van der Waals surface area contributed by atoms with Gasteiger partial charge in [0.2, 0.25) is 0 Å². The van der Waals surface area contributed by atoms with E-state index in [-0.39, 0.29) is 0 Å². The van der Waals surface area contributed by atoms with Crippen molar-refractivity contribution < 1.29 is 10.2 Å². The van der Waals surface area contributed by atoms with Crippen molar-refractivity contribution in [2.75, 3.05) is 0 Å². The van der Waals surface area contributed by atoms with Gasteiger partial charge in [-0.3, -0.25) is 4.98 Å². The van der Waals surface area contributed by atoms with Crippen molar-refractivity contribution in [3.05, 3.63) is 114 Å². The topological polar surface area (TPSA) is 39.2 Å². The van der Waals surface area contributed by atoms with Gasteiger partial charge in [-0.15, -0.1) is 0 Å². The van der Waals surface area contributed by atoms with E-state index < -0.39 is 5.89 Å². The van der Waals surface area contributed by atoms with Crippen LogP contribution in [0.5, 0.6) is 0 Å². The summed E-state index contributed by atoms with van der Waals surface area (Å²) in [5.41, 5.74) is 6.64. The lowest BCUT2D eigenvalue weighted by atomic mass is 9.92.